The number of nitrogens with zero attached hydrogens (tertiary/aromatic N) is 2. The Kier molecular flexibility index (Phi) is 6.93. The Morgan fingerprint density at radius 2 is 0.759 bits per heavy atom. The summed E-state index contributed by atoms with van der Waals surface area (Å²) in [6, 6.07) is 71.1. The fourth-order valence-electron chi connectivity index (χ4n) is 10.5. The maximum Gasteiger partial charge on any atom is 0.160 e. The Labute approximate surface area is 339 Å². The minimum atomic E-state index is -0.410. The van der Waals surface area contributed by atoms with E-state index >= 15 is 0 Å². The number of hydrogen-bond acceptors (Lipinski definition) is 2. The van der Waals surface area contributed by atoms with Crippen LogP contribution in [0, 0.1) is 0 Å². The number of hydrogen-bond donors (Lipinski definition) is 0. The van der Waals surface area contributed by atoms with E-state index < -0.39 is 5.41 Å². The minimum Gasteiger partial charge on any atom is -0.228 e. The Hall–Kier alpha value is -7.16. The maximum atomic E-state index is 5.22. The monoisotopic (exact) mass is 738 g/mol. The summed E-state index contributed by atoms with van der Waals surface area (Å²) in [6.45, 7) is 4.66. The highest BCUT2D eigenvalue weighted by Gasteiger charge is 2.52. The van der Waals surface area contributed by atoms with Crippen molar-refractivity contribution in [3.63, 3.8) is 0 Å². The molecular weight excluding hydrogens is 701 g/mol. The Morgan fingerprint density at radius 3 is 1.40 bits per heavy atom. The fraction of sp³-hybridized carbons (Fsp3) is 0.0714. The van der Waals surface area contributed by atoms with E-state index in [4.69, 9.17) is 9.97 Å². The van der Waals surface area contributed by atoms with Gasteiger partial charge in [-0.1, -0.05) is 196 Å². The van der Waals surface area contributed by atoms with Crippen molar-refractivity contribution >= 4 is 0 Å². The van der Waals surface area contributed by atoms with Gasteiger partial charge in [0, 0.05) is 22.1 Å². The highest BCUT2D eigenvalue weighted by atomic mass is 14.9. The molecule has 0 saturated heterocycles. The quantitative estimate of drug-likeness (QED) is 0.180. The van der Waals surface area contributed by atoms with E-state index in [0.29, 0.717) is 0 Å². The summed E-state index contributed by atoms with van der Waals surface area (Å²) in [4.78, 5) is 10.4. The van der Waals surface area contributed by atoms with Gasteiger partial charge in [-0.25, -0.2) is 9.97 Å². The van der Waals surface area contributed by atoms with Gasteiger partial charge in [-0.05, 0) is 90.0 Å². The van der Waals surface area contributed by atoms with E-state index in [9.17, 15) is 0 Å². The van der Waals surface area contributed by atoms with Gasteiger partial charge in [0.25, 0.3) is 0 Å². The van der Waals surface area contributed by atoms with Crippen molar-refractivity contribution in [1.82, 2.24) is 9.97 Å². The van der Waals surface area contributed by atoms with E-state index in [1.165, 1.54) is 77.9 Å². The Bertz CT molecular complexity index is 3070. The van der Waals surface area contributed by atoms with Gasteiger partial charge in [0.05, 0.1) is 16.8 Å². The van der Waals surface area contributed by atoms with Crippen molar-refractivity contribution in [3.8, 4) is 78.4 Å². The lowest BCUT2D eigenvalue weighted by Crippen LogP contribution is -2.26. The standard InChI is InChI=1S/C56H38N2/c1-55(2)46-23-10-6-17-40(46)44-32-31-38(33-50(44)55)52-34-51(57-54(58-52)37-15-4-3-5-16-37)36-29-27-35(28-30-36)39-21-14-22-45-43-20-9-13-26-49(43)56(53(39)45)47-24-11-7-18-41(47)42-19-8-12-25-48(42)56/h3-34H,1-2H3. The third-order valence-corrected chi connectivity index (χ3v) is 13.1. The molecule has 2 nitrogen and oxygen atoms in total. The Morgan fingerprint density at radius 1 is 0.310 bits per heavy atom. The number of rotatable bonds is 4. The van der Waals surface area contributed by atoms with Crippen LogP contribution in [0.3, 0.4) is 0 Å². The van der Waals surface area contributed by atoms with Crippen molar-refractivity contribution < 1.29 is 0 Å². The summed E-state index contributed by atoms with van der Waals surface area (Å²) in [6.07, 6.45) is 0. The number of fused-ring (bicyclic) bond motifs is 13. The molecular formula is C56H38N2. The van der Waals surface area contributed by atoms with Crippen LogP contribution >= 0.6 is 0 Å². The molecule has 9 aromatic rings. The second-order valence-corrected chi connectivity index (χ2v) is 16.5. The minimum absolute atomic E-state index is 0.101. The molecule has 1 heterocycles. The van der Waals surface area contributed by atoms with Crippen molar-refractivity contribution in [3.05, 3.63) is 228 Å². The number of aromatic nitrogens is 2. The van der Waals surface area contributed by atoms with Gasteiger partial charge in [0.2, 0.25) is 0 Å². The lowest BCUT2D eigenvalue weighted by Gasteiger charge is -2.32. The lowest BCUT2D eigenvalue weighted by atomic mass is 9.68. The van der Waals surface area contributed by atoms with E-state index in [1.54, 1.807) is 0 Å². The lowest BCUT2D eigenvalue weighted by molar-refractivity contribution is 0.660. The van der Waals surface area contributed by atoms with E-state index in [1.807, 2.05) is 6.07 Å². The zero-order chi connectivity index (χ0) is 38.6. The predicted molar refractivity (Wildman–Crippen MR) is 238 cm³/mol. The van der Waals surface area contributed by atoms with Crippen molar-refractivity contribution in [1.29, 1.82) is 0 Å². The molecule has 272 valence electrons. The van der Waals surface area contributed by atoms with Gasteiger partial charge in [-0.3, -0.25) is 0 Å². The topological polar surface area (TPSA) is 25.8 Å². The second kappa shape index (κ2) is 12.2. The van der Waals surface area contributed by atoms with Gasteiger partial charge >= 0.3 is 0 Å². The molecule has 0 bridgehead atoms. The van der Waals surface area contributed by atoms with Crippen LogP contribution in [0.2, 0.25) is 0 Å². The molecule has 0 unspecified atom stereocenters. The van der Waals surface area contributed by atoms with Gasteiger partial charge in [-0.15, -0.1) is 0 Å². The first-order valence-electron chi connectivity index (χ1n) is 20.2. The molecule has 2 heteroatoms. The molecule has 0 amide bonds. The summed E-state index contributed by atoms with van der Waals surface area (Å²) in [5, 5.41) is 0. The summed E-state index contributed by atoms with van der Waals surface area (Å²) in [5.41, 5.74) is 22.9. The van der Waals surface area contributed by atoms with E-state index in [0.717, 1.165) is 33.9 Å². The van der Waals surface area contributed by atoms with Crippen LogP contribution in [0.25, 0.3) is 78.4 Å². The van der Waals surface area contributed by atoms with Crippen molar-refractivity contribution in [2.24, 2.45) is 0 Å². The molecule has 8 aromatic carbocycles. The largest absolute Gasteiger partial charge is 0.228 e. The van der Waals surface area contributed by atoms with Gasteiger partial charge < -0.3 is 0 Å². The average molecular weight is 739 g/mol. The van der Waals surface area contributed by atoms with Crippen LogP contribution in [0.5, 0.6) is 0 Å². The van der Waals surface area contributed by atoms with Crippen LogP contribution in [0.1, 0.15) is 47.2 Å². The molecule has 3 aliphatic rings. The summed E-state index contributed by atoms with van der Waals surface area (Å²) >= 11 is 0. The SMILES string of the molecule is CC1(C)c2ccccc2-c2ccc(-c3cc(-c4ccc(-c5cccc6c5C5(c7ccccc7-c7ccccc75)c5ccccc5-6)cc4)nc(-c4ccccc4)n3)cc21. The molecule has 3 aliphatic carbocycles. The maximum absolute atomic E-state index is 5.22. The molecule has 0 N–H and O–H groups in total. The van der Waals surface area contributed by atoms with Gasteiger partial charge in [0.1, 0.15) is 0 Å². The van der Waals surface area contributed by atoms with Crippen molar-refractivity contribution in [2.75, 3.05) is 0 Å². The average Bonchev–Trinajstić information content (AvgIpc) is 3.85. The zero-order valence-corrected chi connectivity index (χ0v) is 32.4. The molecule has 0 fully saturated rings. The molecule has 1 aromatic heterocycles. The smallest absolute Gasteiger partial charge is 0.160 e. The molecule has 1 spiro atoms. The third-order valence-electron chi connectivity index (χ3n) is 13.1. The van der Waals surface area contributed by atoms with E-state index in [-0.39, 0.29) is 5.41 Å². The molecule has 0 radical (unpaired) electrons. The first kappa shape index (κ1) is 33.0. The van der Waals surface area contributed by atoms with Crippen LogP contribution in [0.15, 0.2) is 194 Å². The summed E-state index contributed by atoms with van der Waals surface area (Å²) < 4.78 is 0. The molecule has 0 saturated carbocycles. The summed E-state index contributed by atoms with van der Waals surface area (Å²) in [7, 11) is 0. The predicted octanol–water partition coefficient (Wildman–Crippen LogP) is 13.8. The van der Waals surface area contributed by atoms with Crippen LogP contribution < -0.4 is 0 Å². The highest BCUT2D eigenvalue weighted by Crippen LogP contribution is 2.64. The zero-order valence-electron chi connectivity index (χ0n) is 32.4. The fourth-order valence-corrected chi connectivity index (χ4v) is 10.5. The first-order valence-corrected chi connectivity index (χ1v) is 20.2. The molecule has 0 atom stereocenters. The van der Waals surface area contributed by atoms with Crippen LogP contribution in [0.4, 0.5) is 0 Å². The van der Waals surface area contributed by atoms with Gasteiger partial charge in [-0.2, -0.15) is 0 Å². The molecule has 58 heavy (non-hydrogen) atoms. The van der Waals surface area contributed by atoms with Crippen molar-refractivity contribution in [2.45, 2.75) is 24.7 Å². The normalized spacial score (nSPS) is 14.3. The molecule has 0 aliphatic heterocycles. The van der Waals surface area contributed by atoms with E-state index in [2.05, 4.69) is 202 Å². The number of benzene rings is 8. The third kappa shape index (κ3) is 4.49. The summed E-state index contributed by atoms with van der Waals surface area (Å²) in [5.74, 6) is 0.722. The first-order chi connectivity index (χ1) is 28.5. The van der Waals surface area contributed by atoms with Crippen LogP contribution in [-0.4, -0.2) is 9.97 Å². The molecule has 12 rings (SSSR count). The van der Waals surface area contributed by atoms with Gasteiger partial charge in [0.15, 0.2) is 5.82 Å². The van der Waals surface area contributed by atoms with Crippen LogP contribution in [-0.2, 0) is 10.8 Å². The highest BCUT2D eigenvalue weighted by molar-refractivity contribution is 5.98. The second-order valence-electron chi connectivity index (χ2n) is 16.5. The Balaban J connectivity index is 1.01.